The van der Waals surface area contributed by atoms with E-state index >= 15 is 0 Å². The van der Waals surface area contributed by atoms with Crippen LogP contribution >= 0.6 is 0 Å². The second kappa shape index (κ2) is 7.19. The Hall–Kier alpha value is -1.93. The third kappa shape index (κ3) is 4.54. The number of hydrogen-bond acceptors (Lipinski definition) is 5. The molecule has 0 heterocycles. The van der Waals surface area contributed by atoms with Crippen molar-refractivity contribution in [3.8, 4) is 0 Å². The zero-order chi connectivity index (χ0) is 16.0. The molecule has 0 aliphatic carbocycles. The van der Waals surface area contributed by atoms with Crippen molar-refractivity contribution in [2.24, 2.45) is 0 Å². The first kappa shape index (κ1) is 17.1. The highest BCUT2D eigenvalue weighted by molar-refractivity contribution is 7.89. The lowest BCUT2D eigenvalue weighted by Crippen LogP contribution is -2.28. The molecule has 0 aliphatic heterocycles. The number of rotatable bonds is 7. The molecule has 1 aromatic carbocycles. The summed E-state index contributed by atoms with van der Waals surface area (Å²) in [7, 11) is -1.14. The summed E-state index contributed by atoms with van der Waals surface area (Å²) < 4.78 is 30.1. The maximum atomic E-state index is 12.3. The number of carboxylic acids is 1. The molecule has 0 aliphatic rings. The Balaban J connectivity index is 2.82. The van der Waals surface area contributed by atoms with Gasteiger partial charge in [-0.25, -0.2) is 17.5 Å². The van der Waals surface area contributed by atoms with E-state index in [1.165, 1.54) is 32.4 Å². The van der Waals surface area contributed by atoms with Crippen molar-refractivity contribution in [1.29, 1.82) is 0 Å². The van der Waals surface area contributed by atoms with Gasteiger partial charge in [0.1, 0.15) is 0 Å². The second-order valence-corrected chi connectivity index (χ2v) is 6.38. The molecule has 116 valence electrons. The Morgan fingerprint density at radius 2 is 2.00 bits per heavy atom. The molecule has 0 saturated heterocycles. The van der Waals surface area contributed by atoms with Crippen LogP contribution in [0.2, 0.25) is 0 Å². The Morgan fingerprint density at radius 3 is 2.57 bits per heavy atom. The minimum absolute atomic E-state index is 0.0945. The van der Waals surface area contributed by atoms with Gasteiger partial charge in [-0.05, 0) is 24.6 Å². The van der Waals surface area contributed by atoms with Crippen LogP contribution in [0.4, 0.5) is 0 Å². The monoisotopic (exact) mass is 315 g/mol. The Morgan fingerprint density at radius 1 is 1.33 bits per heavy atom. The van der Waals surface area contributed by atoms with Crippen LogP contribution in [0.1, 0.15) is 23.2 Å². The Labute approximate surface area is 123 Å². The van der Waals surface area contributed by atoms with E-state index in [0.717, 1.165) is 10.4 Å². The largest absolute Gasteiger partial charge is 0.478 e. The summed E-state index contributed by atoms with van der Waals surface area (Å²) >= 11 is 0. The van der Waals surface area contributed by atoms with Crippen molar-refractivity contribution in [3.05, 3.63) is 29.8 Å². The molecule has 0 atom stereocenters. The first-order valence-corrected chi connectivity index (χ1v) is 7.59. The first-order valence-electron chi connectivity index (χ1n) is 6.15. The van der Waals surface area contributed by atoms with Crippen LogP contribution in [0.15, 0.2) is 29.2 Å². The van der Waals surface area contributed by atoms with Gasteiger partial charge in [-0.2, -0.15) is 0 Å². The number of ether oxygens (including phenoxy) is 1. The van der Waals surface area contributed by atoms with Crippen molar-refractivity contribution < 1.29 is 27.9 Å². The molecule has 0 radical (unpaired) electrons. The summed E-state index contributed by atoms with van der Waals surface area (Å²) in [6, 6.07) is 5.13. The summed E-state index contributed by atoms with van der Waals surface area (Å²) in [6.07, 6.45) is 0.437. The van der Waals surface area contributed by atoms with Gasteiger partial charge in [0.25, 0.3) is 0 Å². The van der Waals surface area contributed by atoms with Crippen molar-refractivity contribution in [2.75, 3.05) is 20.7 Å². The van der Waals surface area contributed by atoms with Gasteiger partial charge in [0.2, 0.25) is 10.0 Å². The number of carbonyl (C=O) groups excluding carboxylic acids is 1. The van der Waals surface area contributed by atoms with Gasteiger partial charge in [-0.15, -0.1) is 0 Å². The van der Waals surface area contributed by atoms with Gasteiger partial charge in [0.05, 0.1) is 17.6 Å². The number of carboxylic acid groups (broad SMARTS) is 1. The average Bonchev–Trinajstić information content (AvgIpc) is 2.46. The third-order valence-electron chi connectivity index (χ3n) is 2.87. The van der Waals surface area contributed by atoms with E-state index in [1.807, 2.05) is 0 Å². The number of nitrogens with zero attached hydrogens (tertiary/aromatic N) is 1. The van der Waals surface area contributed by atoms with Gasteiger partial charge in [-0.3, -0.25) is 4.79 Å². The number of sulfonamides is 1. The zero-order valence-corrected chi connectivity index (χ0v) is 12.6. The molecule has 7 nitrogen and oxygen atoms in total. The van der Waals surface area contributed by atoms with E-state index in [0.29, 0.717) is 6.42 Å². The van der Waals surface area contributed by atoms with Gasteiger partial charge >= 0.3 is 11.9 Å². The number of carbonyl (C=O) groups is 2. The molecule has 8 heteroatoms. The summed E-state index contributed by atoms with van der Waals surface area (Å²) in [6.45, 7) is 0.134. The number of methoxy groups -OCH3 is 1. The van der Waals surface area contributed by atoms with Crippen LogP contribution < -0.4 is 0 Å². The topological polar surface area (TPSA) is 101 Å². The van der Waals surface area contributed by atoms with Crippen LogP contribution in [0.5, 0.6) is 0 Å². The van der Waals surface area contributed by atoms with Gasteiger partial charge in [0.15, 0.2) is 0 Å². The molecule has 1 rings (SSSR count). The number of esters is 1. The van der Waals surface area contributed by atoms with Crippen LogP contribution in [-0.4, -0.2) is 50.5 Å². The van der Waals surface area contributed by atoms with Crippen LogP contribution in [0.3, 0.4) is 0 Å². The van der Waals surface area contributed by atoms with E-state index in [2.05, 4.69) is 4.74 Å². The lowest BCUT2D eigenvalue weighted by atomic mass is 10.2. The minimum atomic E-state index is -3.78. The van der Waals surface area contributed by atoms with E-state index in [9.17, 15) is 18.0 Å². The highest BCUT2D eigenvalue weighted by Crippen LogP contribution is 2.16. The molecule has 0 amide bonds. The molecule has 1 aromatic rings. The van der Waals surface area contributed by atoms with Crippen LogP contribution in [0.25, 0.3) is 0 Å². The summed E-state index contributed by atoms with van der Waals surface area (Å²) in [5.41, 5.74) is -0.0981. The average molecular weight is 315 g/mol. The van der Waals surface area contributed by atoms with Crippen LogP contribution in [-0.2, 0) is 19.6 Å². The van der Waals surface area contributed by atoms with Gasteiger partial charge < -0.3 is 9.84 Å². The molecule has 0 saturated carbocycles. The lowest BCUT2D eigenvalue weighted by Gasteiger charge is -2.17. The highest BCUT2D eigenvalue weighted by Gasteiger charge is 2.21. The maximum absolute atomic E-state index is 12.3. The lowest BCUT2D eigenvalue weighted by molar-refractivity contribution is -0.140. The Bertz CT molecular complexity index is 625. The molecule has 1 N–H and O–H groups in total. The number of hydrogen-bond donors (Lipinski definition) is 1. The third-order valence-corrected chi connectivity index (χ3v) is 4.72. The molecular formula is C13H17NO6S. The molecule has 0 bridgehead atoms. The Kier molecular flexibility index (Phi) is 5.86. The number of benzene rings is 1. The van der Waals surface area contributed by atoms with Crippen LogP contribution in [0, 0.1) is 0 Å². The van der Waals surface area contributed by atoms with Crippen molar-refractivity contribution in [1.82, 2.24) is 4.31 Å². The zero-order valence-electron chi connectivity index (χ0n) is 11.8. The van der Waals surface area contributed by atoms with E-state index in [4.69, 9.17) is 5.11 Å². The summed E-state index contributed by atoms with van der Waals surface area (Å²) in [4.78, 5) is 21.8. The van der Waals surface area contributed by atoms with Crippen molar-refractivity contribution in [2.45, 2.75) is 17.7 Å². The highest BCUT2D eigenvalue weighted by atomic mass is 32.2. The fraction of sp³-hybridized carbons (Fsp3) is 0.385. The van der Waals surface area contributed by atoms with Crippen molar-refractivity contribution >= 4 is 22.0 Å². The van der Waals surface area contributed by atoms with E-state index in [-0.39, 0.29) is 23.4 Å². The molecular weight excluding hydrogens is 298 g/mol. The summed E-state index contributed by atoms with van der Waals surface area (Å²) in [5, 5.41) is 8.88. The van der Waals surface area contributed by atoms with E-state index < -0.39 is 22.0 Å². The molecule has 0 fully saturated rings. The molecule has 0 spiro atoms. The van der Waals surface area contributed by atoms with Crippen molar-refractivity contribution in [3.63, 3.8) is 0 Å². The van der Waals surface area contributed by atoms with Gasteiger partial charge in [-0.1, -0.05) is 6.07 Å². The normalized spacial score (nSPS) is 11.4. The van der Waals surface area contributed by atoms with Gasteiger partial charge in [0, 0.05) is 20.0 Å². The molecule has 21 heavy (non-hydrogen) atoms. The smallest absolute Gasteiger partial charge is 0.335 e. The standard InChI is InChI=1S/C13H17NO6S/c1-14(8-4-7-12(15)20-2)21(18,19)11-6-3-5-10(9-11)13(16)17/h3,5-6,9H,4,7-8H2,1-2H3,(H,16,17). The fourth-order valence-electron chi connectivity index (χ4n) is 1.64. The number of aromatic carboxylic acids is 1. The quantitative estimate of drug-likeness (QED) is 0.752. The predicted molar refractivity (Wildman–Crippen MR) is 74.5 cm³/mol. The second-order valence-electron chi connectivity index (χ2n) is 4.34. The SMILES string of the molecule is COC(=O)CCCN(C)S(=O)(=O)c1cccc(C(=O)O)c1. The summed E-state index contributed by atoms with van der Waals surface area (Å²) in [5.74, 6) is -1.60. The first-order chi connectivity index (χ1) is 9.78. The maximum Gasteiger partial charge on any atom is 0.335 e. The predicted octanol–water partition coefficient (Wildman–Crippen LogP) is 0.959. The minimum Gasteiger partial charge on any atom is -0.478 e. The fourth-order valence-corrected chi connectivity index (χ4v) is 2.89. The molecule has 0 aromatic heterocycles. The van der Waals surface area contributed by atoms with E-state index in [1.54, 1.807) is 0 Å². The molecule has 0 unspecified atom stereocenters.